The van der Waals surface area contributed by atoms with E-state index in [4.69, 9.17) is 13.8 Å². The van der Waals surface area contributed by atoms with Gasteiger partial charge in [0.2, 0.25) is 0 Å². The fourth-order valence-electron chi connectivity index (χ4n) is 7.24. The zero-order valence-electron chi connectivity index (χ0n) is 34.4. The predicted octanol–water partition coefficient (Wildman–Crippen LogP) is 14.4. The molecular weight excluding hydrogens is 877 g/mol. The molecule has 0 unspecified atom stereocenters. The maximum Gasteiger partial charge on any atom is 0.147 e. The monoisotopic (exact) mass is 925 g/mol. The van der Waals surface area contributed by atoms with Crippen molar-refractivity contribution in [3.05, 3.63) is 155 Å². The molecule has 0 saturated carbocycles. The van der Waals surface area contributed by atoms with Crippen molar-refractivity contribution in [1.82, 2.24) is 9.97 Å². The summed E-state index contributed by atoms with van der Waals surface area (Å²) in [4.78, 5) is 9.17. The van der Waals surface area contributed by atoms with Crippen LogP contribution in [0.5, 0.6) is 0 Å². The van der Waals surface area contributed by atoms with E-state index >= 15 is 0 Å². The zero-order chi connectivity index (χ0) is 39.5. The van der Waals surface area contributed by atoms with Gasteiger partial charge >= 0.3 is 0 Å². The predicted molar refractivity (Wildman–Crippen MR) is 233 cm³/mol. The molecular formula is C52H48IrN2O2-2. The van der Waals surface area contributed by atoms with Gasteiger partial charge in [-0.15, -0.1) is 71.3 Å². The van der Waals surface area contributed by atoms with Gasteiger partial charge in [0.1, 0.15) is 22.3 Å². The molecule has 4 nitrogen and oxygen atoms in total. The number of fused-ring (bicyclic) bond motifs is 6. The van der Waals surface area contributed by atoms with Crippen molar-refractivity contribution in [2.24, 2.45) is 0 Å². The van der Waals surface area contributed by atoms with Crippen LogP contribution in [0.15, 0.2) is 118 Å². The molecule has 4 aromatic heterocycles. The minimum atomic E-state index is 0. The Morgan fingerprint density at radius 3 is 1.60 bits per heavy atom. The van der Waals surface area contributed by atoms with E-state index in [2.05, 4.69) is 153 Å². The third-order valence-electron chi connectivity index (χ3n) is 10.9. The first kappa shape index (κ1) is 39.9. The van der Waals surface area contributed by atoms with Crippen LogP contribution in [0.4, 0.5) is 0 Å². The average Bonchev–Trinajstić information content (AvgIpc) is 3.73. The average molecular weight is 925 g/mol. The van der Waals surface area contributed by atoms with Gasteiger partial charge in [0.05, 0.1) is 5.56 Å². The SMILES string of the molecule is Cc1c[c-]c(-c2cc(C)c(C)cn2)cc1.Cc1cnc(-c2[c-]cccc2)cc1-c1c2oc3ccc(C(C)(C)C)cc3c2cc2c1oc1ccc(C(C)(C)C)cc12.[Ir]. The van der Waals surface area contributed by atoms with E-state index in [0.29, 0.717) is 0 Å². The fraction of sp³-hybridized carbons (Fsp3) is 0.231. The van der Waals surface area contributed by atoms with Gasteiger partial charge < -0.3 is 18.8 Å². The molecule has 0 aliphatic carbocycles. The summed E-state index contributed by atoms with van der Waals surface area (Å²) in [7, 11) is 0. The molecule has 5 heteroatoms. The van der Waals surface area contributed by atoms with Crippen molar-refractivity contribution < 1.29 is 28.9 Å². The first-order chi connectivity index (χ1) is 26.7. The Hall–Kier alpha value is -5.35. The summed E-state index contributed by atoms with van der Waals surface area (Å²) in [5, 5.41) is 4.45. The van der Waals surface area contributed by atoms with E-state index in [-0.39, 0.29) is 30.9 Å². The van der Waals surface area contributed by atoms with Crippen molar-refractivity contribution in [3.8, 4) is 33.6 Å². The molecule has 0 atom stereocenters. The molecule has 0 N–H and O–H groups in total. The van der Waals surface area contributed by atoms with Gasteiger partial charge in [-0.05, 0) is 101 Å². The van der Waals surface area contributed by atoms with Crippen molar-refractivity contribution in [3.63, 3.8) is 0 Å². The molecule has 0 aliphatic rings. The van der Waals surface area contributed by atoms with Crippen LogP contribution < -0.4 is 0 Å². The molecule has 9 rings (SSSR count). The summed E-state index contributed by atoms with van der Waals surface area (Å²) in [6, 6.07) is 40.4. The van der Waals surface area contributed by atoms with Gasteiger partial charge in [0.15, 0.2) is 0 Å². The van der Waals surface area contributed by atoms with Crippen molar-refractivity contribution in [1.29, 1.82) is 0 Å². The van der Waals surface area contributed by atoms with E-state index in [9.17, 15) is 0 Å². The Morgan fingerprint density at radius 2 is 1.09 bits per heavy atom. The Morgan fingerprint density at radius 1 is 0.526 bits per heavy atom. The minimum Gasteiger partial charge on any atom is -0.455 e. The van der Waals surface area contributed by atoms with Crippen LogP contribution in [-0.4, -0.2) is 9.97 Å². The molecule has 57 heavy (non-hydrogen) atoms. The number of hydrogen-bond acceptors (Lipinski definition) is 4. The molecule has 1 radical (unpaired) electrons. The molecule has 9 aromatic rings. The molecule has 0 saturated heterocycles. The molecule has 0 amide bonds. The van der Waals surface area contributed by atoms with Crippen LogP contribution in [-0.2, 0) is 30.9 Å². The molecule has 0 bridgehead atoms. The first-order valence-electron chi connectivity index (χ1n) is 19.4. The second kappa shape index (κ2) is 15.2. The number of aromatic nitrogens is 2. The summed E-state index contributed by atoms with van der Waals surface area (Å²) in [5.41, 5.74) is 16.7. The van der Waals surface area contributed by atoms with E-state index < -0.39 is 0 Å². The largest absolute Gasteiger partial charge is 0.455 e. The number of aryl methyl sites for hydroxylation is 4. The maximum absolute atomic E-state index is 6.70. The maximum atomic E-state index is 6.70. The number of furan rings is 2. The van der Waals surface area contributed by atoms with Crippen LogP contribution >= 0.6 is 0 Å². The Labute approximate surface area is 349 Å². The van der Waals surface area contributed by atoms with Crippen LogP contribution in [0.2, 0.25) is 0 Å². The van der Waals surface area contributed by atoms with Gasteiger partial charge in [-0.3, -0.25) is 0 Å². The van der Waals surface area contributed by atoms with Crippen molar-refractivity contribution >= 4 is 43.9 Å². The van der Waals surface area contributed by atoms with Crippen LogP contribution in [0.3, 0.4) is 0 Å². The summed E-state index contributed by atoms with van der Waals surface area (Å²) in [5.74, 6) is 0. The number of pyridine rings is 2. The van der Waals surface area contributed by atoms with E-state index in [1.807, 2.05) is 42.7 Å². The second-order valence-electron chi connectivity index (χ2n) is 17.2. The number of hydrogen-bond donors (Lipinski definition) is 0. The normalized spacial score (nSPS) is 11.9. The Balaban J connectivity index is 0.000000261. The van der Waals surface area contributed by atoms with Crippen LogP contribution in [0.25, 0.3) is 77.5 Å². The van der Waals surface area contributed by atoms with Gasteiger partial charge in [-0.2, -0.15) is 0 Å². The van der Waals surface area contributed by atoms with E-state index in [1.165, 1.54) is 27.8 Å². The standard InChI is InChI=1S/C38H34NO2.C14H14N.Ir/c1-22-21-39-31(23-11-9-8-10-12-23)20-26(22)34-35-29(27-17-24(37(2,3)4)13-15-32(27)40-35)19-30-28-18-25(38(5,6)7)14-16-33(28)41-36(30)34;1-10-4-6-13(7-5-10)14-8-11(2)12(3)9-15-14;/h8-11,13-21H,1-7H3;4-6,8-9H,1-3H3;/q2*-1;. The summed E-state index contributed by atoms with van der Waals surface area (Å²) >= 11 is 0. The van der Waals surface area contributed by atoms with Crippen LogP contribution in [0.1, 0.15) is 74.9 Å². The fourth-order valence-corrected chi connectivity index (χ4v) is 7.24. The zero-order valence-corrected chi connectivity index (χ0v) is 36.8. The smallest absolute Gasteiger partial charge is 0.147 e. The number of nitrogens with zero attached hydrogens (tertiary/aromatic N) is 2. The van der Waals surface area contributed by atoms with Crippen molar-refractivity contribution in [2.45, 2.75) is 80.1 Å². The van der Waals surface area contributed by atoms with Gasteiger partial charge in [0, 0.05) is 54.0 Å². The van der Waals surface area contributed by atoms with E-state index in [1.54, 1.807) is 0 Å². The minimum absolute atomic E-state index is 0. The summed E-state index contributed by atoms with van der Waals surface area (Å²) < 4.78 is 13.4. The number of benzene rings is 5. The van der Waals surface area contributed by atoms with Crippen LogP contribution in [0, 0.1) is 39.8 Å². The quantitative estimate of drug-likeness (QED) is 0.166. The van der Waals surface area contributed by atoms with Gasteiger partial charge in [-0.25, -0.2) is 0 Å². The third kappa shape index (κ3) is 7.72. The molecule has 0 spiro atoms. The molecule has 289 valence electrons. The topological polar surface area (TPSA) is 52.1 Å². The Bertz CT molecular complexity index is 2800. The van der Waals surface area contributed by atoms with Crippen molar-refractivity contribution in [2.75, 3.05) is 0 Å². The van der Waals surface area contributed by atoms with E-state index in [0.717, 1.165) is 83.1 Å². The molecule has 0 fully saturated rings. The summed E-state index contributed by atoms with van der Waals surface area (Å²) in [6.07, 6.45) is 3.86. The number of rotatable bonds is 3. The third-order valence-corrected chi connectivity index (χ3v) is 10.9. The first-order valence-corrected chi connectivity index (χ1v) is 19.4. The second-order valence-corrected chi connectivity index (χ2v) is 17.2. The Kier molecular flexibility index (Phi) is 10.6. The van der Waals surface area contributed by atoms with Gasteiger partial charge in [0.25, 0.3) is 0 Å². The summed E-state index contributed by atoms with van der Waals surface area (Å²) in [6.45, 7) is 21.8. The molecule has 5 aromatic carbocycles. The molecule has 4 heterocycles. The molecule has 0 aliphatic heterocycles. The van der Waals surface area contributed by atoms with Gasteiger partial charge in [-0.1, -0.05) is 78.3 Å².